The first-order chi connectivity index (χ1) is 14.7. The molecule has 0 saturated heterocycles. The Morgan fingerprint density at radius 3 is 2.57 bits per heavy atom. The number of imidazole rings is 1. The smallest absolute Gasteiger partial charge is 0.192 e. The molecule has 0 aliphatic carbocycles. The summed E-state index contributed by atoms with van der Waals surface area (Å²) in [6.07, 6.45) is 5.48. The summed E-state index contributed by atoms with van der Waals surface area (Å²) in [6, 6.07) is 15.1. The van der Waals surface area contributed by atoms with Crippen molar-refractivity contribution in [3.05, 3.63) is 88.7 Å². The molecule has 30 heavy (non-hydrogen) atoms. The fourth-order valence-electron chi connectivity index (χ4n) is 3.13. The molecule has 6 nitrogen and oxygen atoms in total. The zero-order valence-corrected chi connectivity index (χ0v) is 17.9. The van der Waals surface area contributed by atoms with Crippen molar-refractivity contribution in [2.24, 2.45) is 0 Å². The quantitative estimate of drug-likeness (QED) is 0.301. The van der Waals surface area contributed by atoms with Crippen LogP contribution < -0.4 is 0 Å². The first kappa shape index (κ1) is 19.2. The summed E-state index contributed by atoms with van der Waals surface area (Å²) in [5, 5.41) is 11.0. The molecule has 0 radical (unpaired) electrons. The van der Waals surface area contributed by atoms with Crippen LogP contribution in [0.25, 0.3) is 17.0 Å². The zero-order chi connectivity index (χ0) is 20.5. The van der Waals surface area contributed by atoms with E-state index in [1.165, 1.54) is 0 Å². The maximum atomic E-state index is 6.07. The Labute approximate surface area is 186 Å². The van der Waals surface area contributed by atoms with Gasteiger partial charge in [0.1, 0.15) is 11.4 Å². The van der Waals surface area contributed by atoms with Crippen molar-refractivity contribution in [3.63, 3.8) is 0 Å². The molecule has 0 spiro atoms. The number of benzene rings is 1. The van der Waals surface area contributed by atoms with Crippen molar-refractivity contribution in [1.82, 2.24) is 24.1 Å². The lowest BCUT2D eigenvalue weighted by Gasteiger charge is -2.08. The highest BCUT2D eigenvalue weighted by Crippen LogP contribution is 2.28. The molecule has 0 amide bonds. The molecule has 150 valence electrons. The Bertz CT molecular complexity index is 1300. The minimum absolute atomic E-state index is 0.529. The Morgan fingerprint density at radius 1 is 0.933 bits per heavy atom. The summed E-state index contributed by atoms with van der Waals surface area (Å²) in [6.45, 7) is 0.529. The lowest BCUT2D eigenvalue weighted by atomic mass is 10.2. The van der Waals surface area contributed by atoms with Crippen molar-refractivity contribution in [2.75, 3.05) is 0 Å². The van der Waals surface area contributed by atoms with Crippen LogP contribution in [0, 0.1) is 0 Å². The highest BCUT2D eigenvalue weighted by atomic mass is 35.5. The highest BCUT2D eigenvalue weighted by Gasteiger charge is 2.16. The number of hydrogen-bond acceptors (Lipinski definition) is 5. The van der Waals surface area contributed by atoms with Crippen LogP contribution in [-0.2, 0) is 12.3 Å². The van der Waals surface area contributed by atoms with Gasteiger partial charge in [-0.15, -0.1) is 10.2 Å². The molecule has 4 aromatic heterocycles. The first-order valence-corrected chi connectivity index (χ1v) is 10.9. The third-order valence-electron chi connectivity index (χ3n) is 4.53. The molecule has 1 aromatic carbocycles. The zero-order valence-electron chi connectivity index (χ0n) is 15.6. The van der Waals surface area contributed by atoms with Crippen molar-refractivity contribution in [2.45, 2.75) is 17.5 Å². The largest absolute Gasteiger partial charge is 0.467 e. The number of thioether (sulfide) groups is 1. The molecule has 0 aliphatic heterocycles. The van der Waals surface area contributed by atoms with Gasteiger partial charge in [-0.3, -0.25) is 4.57 Å². The van der Waals surface area contributed by atoms with Crippen LogP contribution in [0.15, 0.2) is 76.8 Å². The second kappa shape index (κ2) is 8.18. The molecule has 0 atom stereocenters. The predicted molar refractivity (Wildman–Crippen MR) is 118 cm³/mol. The monoisotopic (exact) mass is 455 g/mol. The Morgan fingerprint density at radius 2 is 1.77 bits per heavy atom. The highest BCUT2D eigenvalue weighted by molar-refractivity contribution is 7.98. The molecular weight excluding hydrogens is 441 g/mol. The van der Waals surface area contributed by atoms with Crippen LogP contribution >= 0.6 is 35.0 Å². The van der Waals surface area contributed by atoms with E-state index >= 15 is 0 Å². The molecule has 0 fully saturated rings. The topological polar surface area (TPSA) is 61.1 Å². The number of pyridine rings is 1. The molecule has 0 N–H and O–H groups in total. The predicted octanol–water partition coefficient (Wildman–Crippen LogP) is 5.83. The van der Waals surface area contributed by atoms with Crippen LogP contribution in [0.3, 0.4) is 0 Å². The van der Waals surface area contributed by atoms with Gasteiger partial charge >= 0.3 is 0 Å². The first-order valence-electron chi connectivity index (χ1n) is 9.13. The van der Waals surface area contributed by atoms with E-state index in [0.717, 1.165) is 33.6 Å². The second-order valence-corrected chi connectivity index (χ2v) is 8.43. The SMILES string of the molecule is Clc1ccc(-c2nnc(SCc3cn4cc(Cl)ccc4n3)n2Cc2ccco2)cc1. The standard InChI is InChI=1S/C21H15Cl2N5OS/c22-15-5-3-14(4-6-15)20-25-26-21(28(20)12-18-2-1-9-29-18)30-13-17-11-27-10-16(23)7-8-19(27)24-17/h1-11H,12-13H2. The molecule has 0 unspecified atom stereocenters. The van der Waals surface area contributed by atoms with E-state index in [2.05, 4.69) is 15.2 Å². The maximum Gasteiger partial charge on any atom is 0.192 e. The minimum Gasteiger partial charge on any atom is -0.467 e. The van der Waals surface area contributed by atoms with Crippen molar-refractivity contribution >= 4 is 40.6 Å². The number of fused-ring (bicyclic) bond motifs is 1. The molecule has 4 heterocycles. The van der Waals surface area contributed by atoms with Gasteiger partial charge in [-0.2, -0.15) is 0 Å². The van der Waals surface area contributed by atoms with Crippen molar-refractivity contribution in [3.8, 4) is 11.4 Å². The van der Waals surface area contributed by atoms with Crippen molar-refractivity contribution < 1.29 is 4.42 Å². The van der Waals surface area contributed by atoms with Gasteiger partial charge in [0.15, 0.2) is 11.0 Å². The average molecular weight is 456 g/mol. The van der Waals surface area contributed by atoms with Crippen LogP contribution in [0.2, 0.25) is 10.0 Å². The number of rotatable bonds is 6. The van der Waals surface area contributed by atoms with Crippen molar-refractivity contribution in [1.29, 1.82) is 0 Å². The molecule has 0 bridgehead atoms. The third kappa shape index (κ3) is 3.96. The number of aromatic nitrogens is 5. The van der Waals surface area contributed by atoms with Crippen LogP contribution in [0.1, 0.15) is 11.5 Å². The van der Waals surface area contributed by atoms with E-state index in [0.29, 0.717) is 22.3 Å². The van der Waals surface area contributed by atoms with Gasteiger partial charge in [-0.05, 0) is 48.5 Å². The van der Waals surface area contributed by atoms with Crippen LogP contribution in [-0.4, -0.2) is 24.1 Å². The second-order valence-electron chi connectivity index (χ2n) is 6.61. The van der Waals surface area contributed by atoms with Gasteiger partial charge in [0.05, 0.1) is 23.5 Å². The maximum absolute atomic E-state index is 6.07. The number of nitrogens with zero attached hydrogens (tertiary/aromatic N) is 5. The Hall–Kier alpha value is -2.74. The van der Waals surface area contributed by atoms with E-state index < -0.39 is 0 Å². The van der Waals surface area contributed by atoms with Gasteiger partial charge in [0.2, 0.25) is 0 Å². The molecule has 0 aliphatic rings. The number of hydrogen-bond donors (Lipinski definition) is 0. The van der Waals surface area contributed by atoms with E-state index in [9.17, 15) is 0 Å². The molecule has 5 aromatic rings. The van der Waals surface area contributed by atoms with Gasteiger partial charge in [-0.25, -0.2) is 4.98 Å². The molecule has 0 saturated carbocycles. The summed E-state index contributed by atoms with van der Waals surface area (Å²) < 4.78 is 9.51. The van der Waals surface area contributed by atoms with E-state index in [-0.39, 0.29) is 0 Å². The van der Waals surface area contributed by atoms with Crippen LogP contribution in [0.5, 0.6) is 0 Å². The number of furan rings is 1. The lowest BCUT2D eigenvalue weighted by molar-refractivity contribution is 0.485. The van der Waals surface area contributed by atoms with Gasteiger partial charge < -0.3 is 8.82 Å². The minimum atomic E-state index is 0.529. The molecule has 9 heteroatoms. The summed E-state index contributed by atoms with van der Waals surface area (Å²) in [5.74, 6) is 2.23. The fraction of sp³-hybridized carbons (Fsp3) is 0.0952. The number of halogens is 2. The average Bonchev–Trinajstić information content (AvgIpc) is 3.47. The molecular formula is C21H15Cl2N5OS. The normalized spacial score (nSPS) is 11.4. The summed E-state index contributed by atoms with van der Waals surface area (Å²) in [5.41, 5.74) is 2.73. The van der Waals surface area contributed by atoms with E-state index in [1.807, 2.05) is 69.9 Å². The fourth-order valence-corrected chi connectivity index (χ4v) is 4.25. The summed E-state index contributed by atoms with van der Waals surface area (Å²) >= 11 is 13.7. The Kier molecular flexibility index (Phi) is 5.25. The summed E-state index contributed by atoms with van der Waals surface area (Å²) in [4.78, 5) is 4.64. The Balaban J connectivity index is 1.45. The molecule has 5 rings (SSSR count). The van der Waals surface area contributed by atoms with E-state index in [1.54, 1.807) is 18.0 Å². The van der Waals surface area contributed by atoms with Crippen LogP contribution in [0.4, 0.5) is 0 Å². The van der Waals surface area contributed by atoms with E-state index in [4.69, 9.17) is 27.6 Å². The van der Waals surface area contributed by atoms with Gasteiger partial charge in [-0.1, -0.05) is 35.0 Å². The lowest BCUT2D eigenvalue weighted by Crippen LogP contribution is -2.03. The van der Waals surface area contributed by atoms with Gasteiger partial charge in [0.25, 0.3) is 0 Å². The summed E-state index contributed by atoms with van der Waals surface area (Å²) in [7, 11) is 0. The third-order valence-corrected chi connectivity index (χ3v) is 6.00. The van der Waals surface area contributed by atoms with Gasteiger partial charge in [0, 0.05) is 28.7 Å².